The van der Waals surface area contributed by atoms with E-state index in [9.17, 15) is 14.9 Å². The van der Waals surface area contributed by atoms with Crippen LogP contribution in [0.2, 0.25) is 0 Å². The van der Waals surface area contributed by atoms with Crippen molar-refractivity contribution in [2.45, 2.75) is 58.9 Å². The van der Waals surface area contributed by atoms with E-state index in [4.69, 9.17) is 0 Å². The minimum Gasteiger partial charge on any atom is -0.300 e. The molecule has 0 unspecified atom stereocenters. The fraction of sp³-hybridized carbons (Fsp3) is 0.909. The van der Waals surface area contributed by atoms with Gasteiger partial charge in [0.15, 0.2) is 0 Å². The van der Waals surface area contributed by atoms with Gasteiger partial charge >= 0.3 is 0 Å². The van der Waals surface area contributed by atoms with Gasteiger partial charge in [-0.2, -0.15) is 0 Å². The molecule has 0 saturated carbocycles. The predicted molar refractivity (Wildman–Crippen MR) is 59.4 cm³/mol. The Balaban J connectivity index is 4.59. The first-order valence-corrected chi connectivity index (χ1v) is 5.46. The molecule has 0 aromatic carbocycles. The number of nitrogens with zero attached hydrogens (tertiary/aromatic N) is 1. The lowest BCUT2D eigenvalue weighted by Crippen LogP contribution is -2.40. The Labute approximate surface area is 91.2 Å². The van der Waals surface area contributed by atoms with Crippen LogP contribution in [-0.2, 0) is 4.79 Å². The molecule has 0 amide bonds. The summed E-state index contributed by atoms with van der Waals surface area (Å²) in [5, 5.41) is 10.9. The van der Waals surface area contributed by atoms with Gasteiger partial charge in [-0.3, -0.25) is 10.1 Å². The number of carbonyl (C=O) groups excluding carboxylic acids is 1. The van der Waals surface area contributed by atoms with Crippen LogP contribution in [-0.4, -0.2) is 16.2 Å². The molecule has 15 heavy (non-hydrogen) atoms. The van der Waals surface area contributed by atoms with E-state index >= 15 is 0 Å². The maximum absolute atomic E-state index is 11.1. The minimum absolute atomic E-state index is 0.0334. The summed E-state index contributed by atoms with van der Waals surface area (Å²) < 4.78 is 0. The molecule has 0 radical (unpaired) electrons. The fourth-order valence-corrected chi connectivity index (χ4v) is 1.65. The van der Waals surface area contributed by atoms with Crippen molar-refractivity contribution in [2.75, 3.05) is 0 Å². The van der Waals surface area contributed by atoms with Gasteiger partial charge in [0, 0.05) is 31.1 Å². The van der Waals surface area contributed by atoms with Crippen LogP contribution >= 0.6 is 0 Å². The molecule has 0 aliphatic carbocycles. The van der Waals surface area contributed by atoms with Gasteiger partial charge in [-0.15, -0.1) is 0 Å². The number of ketones is 1. The smallest absolute Gasteiger partial charge is 0.220 e. The van der Waals surface area contributed by atoms with Crippen molar-refractivity contribution in [3.05, 3.63) is 10.1 Å². The second-order valence-corrected chi connectivity index (χ2v) is 4.66. The van der Waals surface area contributed by atoms with Crippen LogP contribution in [0.1, 0.15) is 53.4 Å². The third-order valence-electron chi connectivity index (χ3n) is 2.91. The summed E-state index contributed by atoms with van der Waals surface area (Å²) >= 11 is 0. The Morgan fingerprint density at radius 2 is 2.00 bits per heavy atom. The Bertz CT molecular complexity index is 236. The lowest BCUT2D eigenvalue weighted by Gasteiger charge is -2.25. The maximum Gasteiger partial charge on any atom is 0.220 e. The topological polar surface area (TPSA) is 60.2 Å². The third-order valence-corrected chi connectivity index (χ3v) is 2.91. The molecule has 0 fully saturated rings. The van der Waals surface area contributed by atoms with Crippen LogP contribution in [0.4, 0.5) is 0 Å². The van der Waals surface area contributed by atoms with E-state index in [0.717, 1.165) is 19.3 Å². The van der Waals surface area contributed by atoms with Gasteiger partial charge in [0.25, 0.3) is 0 Å². The highest BCUT2D eigenvalue weighted by molar-refractivity contribution is 5.75. The van der Waals surface area contributed by atoms with Crippen molar-refractivity contribution in [3.8, 4) is 0 Å². The number of unbranched alkanes of at least 4 members (excludes halogenated alkanes) is 1. The highest BCUT2D eigenvalue weighted by Gasteiger charge is 2.40. The van der Waals surface area contributed by atoms with Crippen LogP contribution in [0.5, 0.6) is 0 Å². The van der Waals surface area contributed by atoms with E-state index in [1.165, 1.54) is 6.92 Å². The molecule has 1 atom stereocenters. The molecular weight excluding hydrogens is 194 g/mol. The average molecular weight is 215 g/mol. The third kappa shape index (κ3) is 4.40. The van der Waals surface area contributed by atoms with Crippen LogP contribution in [0.15, 0.2) is 0 Å². The average Bonchev–Trinajstić information content (AvgIpc) is 2.11. The molecule has 0 aliphatic heterocycles. The van der Waals surface area contributed by atoms with E-state index in [1.54, 1.807) is 13.8 Å². The standard InChI is InChI=1S/C11H21NO3/c1-5-6-7-10(8-9(2)13)11(3,4)12(14)15/h10H,5-8H2,1-4H3/t10-/m0/s1. The number of hydrogen-bond donors (Lipinski definition) is 0. The SMILES string of the molecule is CCCC[C@@H](CC(C)=O)C(C)(C)[N+](=O)[O-]. The molecule has 0 aromatic heterocycles. The second-order valence-electron chi connectivity index (χ2n) is 4.66. The van der Waals surface area contributed by atoms with Crippen LogP contribution < -0.4 is 0 Å². The lowest BCUT2D eigenvalue weighted by molar-refractivity contribution is -0.571. The van der Waals surface area contributed by atoms with E-state index in [0.29, 0.717) is 6.42 Å². The van der Waals surface area contributed by atoms with E-state index in [1.807, 2.05) is 6.92 Å². The highest BCUT2D eigenvalue weighted by atomic mass is 16.6. The van der Waals surface area contributed by atoms with Crippen molar-refractivity contribution in [1.82, 2.24) is 0 Å². The molecule has 4 nitrogen and oxygen atoms in total. The van der Waals surface area contributed by atoms with Crippen LogP contribution in [0, 0.1) is 16.0 Å². The first kappa shape index (κ1) is 14.1. The van der Waals surface area contributed by atoms with E-state index < -0.39 is 5.54 Å². The molecule has 88 valence electrons. The zero-order valence-corrected chi connectivity index (χ0v) is 10.1. The van der Waals surface area contributed by atoms with Crippen LogP contribution in [0.3, 0.4) is 0 Å². The number of carbonyl (C=O) groups is 1. The largest absolute Gasteiger partial charge is 0.300 e. The highest BCUT2D eigenvalue weighted by Crippen LogP contribution is 2.28. The number of nitro groups is 1. The van der Waals surface area contributed by atoms with Crippen molar-refractivity contribution < 1.29 is 9.72 Å². The first-order valence-electron chi connectivity index (χ1n) is 5.46. The molecule has 0 aromatic rings. The molecular formula is C11H21NO3. The Kier molecular flexibility index (Phi) is 5.47. The maximum atomic E-state index is 11.1. The summed E-state index contributed by atoms with van der Waals surface area (Å²) in [5.41, 5.74) is -0.999. The minimum atomic E-state index is -0.999. The lowest BCUT2D eigenvalue weighted by atomic mass is 9.81. The Morgan fingerprint density at radius 1 is 1.47 bits per heavy atom. The summed E-state index contributed by atoms with van der Waals surface area (Å²) in [7, 11) is 0. The van der Waals surface area contributed by atoms with Crippen molar-refractivity contribution in [2.24, 2.45) is 5.92 Å². The number of hydrogen-bond acceptors (Lipinski definition) is 3. The van der Waals surface area contributed by atoms with Gasteiger partial charge in [-0.25, -0.2) is 0 Å². The normalized spacial score (nSPS) is 13.6. The number of Topliss-reactive ketones (excluding diaryl/α,β-unsaturated/α-hetero) is 1. The number of rotatable bonds is 7. The fourth-order valence-electron chi connectivity index (χ4n) is 1.65. The molecule has 0 rings (SSSR count). The summed E-state index contributed by atoms with van der Waals surface area (Å²) in [6.07, 6.45) is 3.01. The molecule has 0 bridgehead atoms. The van der Waals surface area contributed by atoms with Gasteiger partial charge in [0.05, 0.1) is 0 Å². The molecule has 4 heteroatoms. The molecule has 0 aliphatic rings. The summed E-state index contributed by atoms with van der Waals surface area (Å²) in [5.74, 6) is -0.115. The van der Waals surface area contributed by atoms with Crippen molar-refractivity contribution >= 4 is 5.78 Å². The monoisotopic (exact) mass is 215 g/mol. The van der Waals surface area contributed by atoms with Crippen LogP contribution in [0.25, 0.3) is 0 Å². The zero-order chi connectivity index (χ0) is 12.1. The zero-order valence-electron chi connectivity index (χ0n) is 10.1. The first-order chi connectivity index (χ1) is 6.82. The summed E-state index contributed by atoms with van der Waals surface area (Å²) in [4.78, 5) is 21.7. The molecule has 0 heterocycles. The predicted octanol–water partition coefficient (Wildman–Crippen LogP) is 2.83. The molecule has 0 saturated heterocycles. The van der Waals surface area contributed by atoms with Crippen molar-refractivity contribution in [3.63, 3.8) is 0 Å². The quantitative estimate of drug-likeness (QED) is 0.484. The molecule has 0 N–H and O–H groups in total. The van der Waals surface area contributed by atoms with Gasteiger partial charge in [0.1, 0.15) is 5.78 Å². The van der Waals surface area contributed by atoms with Gasteiger partial charge in [0.2, 0.25) is 5.54 Å². The van der Waals surface area contributed by atoms with Gasteiger partial charge < -0.3 is 4.79 Å². The summed E-state index contributed by atoms with van der Waals surface area (Å²) in [6, 6.07) is 0. The van der Waals surface area contributed by atoms with E-state index in [2.05, 4.69) is 0 Å². The van der Waals surface area contributed by atoms with Crippen molar-refractivity contribution in [1.29, 1.82) is 0 Å². The second kappa shape index (κ2) is 5.83. The summed E-state index contributed by atoms with van der Waals surface area (Å²) in [6.45, 7) is 6.76. The van der Waals surface area contributed by atoms with E-state index in [-0.39, 0.29) is 16.6 Å². The molecule has 0 spiro atoms. The van der Waals surface area contributed by atoms with Gasteiger partial charge in [-0.05, 0) is 13.3 Å². The Hall–Kier alpha value is -0.930. The van der Waals surface area contributed by atoms with Gasteiger partial charge in [-0.1, -0.05) is 19.8 Å². The Morgan fingerprint density at radius 3 is 2.33 bits per heavy atom.